The van der Waals surface area contributed by atoms with Crippen molar-refractivity contribution in [3.05, 3.63) is 53.1 Å². The summed E-state index contributed by atoms with van der Waals surface area (Å²) in [4.78, 5) is 37.2. The van der Waals surface area contributed by atoms with Gasteiger partial charge in [-0.15, -0.1) is 0 Å². The van der Waals surface area contributed by atoms with Crippen LogP contribution in [0.4, 0.5) is 5.69 Å². The molecular weight excluding hydrogens is 326 g/mol. The highest BCUT2D eigenvalue weighted by molar-refractivity contribution is 6.35. The maximum absolute atomic E-state index is 12.7. The number of nitrogens with zero attached hydrogens (tertiary/aromatic N) is 1. The van der Waals surface area contributed by atoms with Crippen LogP contribution in [0.15, 0.2) is 36.4 Å². The first kappa shape index (κ1) is 16.5. The number of amides is 2. The second-order valence-electron chi connectivity index (χ2n) is 5.48. The fraction of sp³-hybridized carbons (Fsp3) is 0.167. The van der Waals surface area contributed by atoms with E-state index in [0.29, 0.717) is 12.4 Å². The van der Waals surface area contributed by atoms with Gasteiger partial charge in [-0.25, -0.2) is 9.69 Å². The molecule has 0 radical (unpaired) electrons. The second-order valence-corrected chi connectivity index (χ2v) is 5.48. The van der Waals surface area contributed by atoms with Crippen LogP contribution in [-0.4, -0.2) is 34.6 Å². The number of carbonyl (C=O) groups is 3. The highest BCUT2D eigenvalue weighted by Gasteiger charge is 2.39. The number of carboxylic acids is 1. The lowest BCUT2D eigenvalue weighted by molar-refractivity contribution is 0.0693. The molecule has 7 heteroatoms. The van der Waals surface area contributed by atoms with Crippen molar-refractivity contribution in [2.75, 3.05) is 11.5 Å². The molecule has 1 aliphatic rings. The number of hydrogen-bond acceptors (Lipinski definition) is 5. The number of carbonyl (C=O) groups excluding carboxylic acids is 2. The molecule has 1 heterocycles. The molecule has 25 heavy (non-hydrogen) atoms. The molecule has 7 nitrogen and oxygen atoms in total. The minimum atomic E-state index is -1.30. The SMILES string of the molecule is CCCOc1cccc2c1C(=O)N(c1ccc(C(=O)O)c(O)c1)C2=O. The van der Waals surface area contributed by atoms with Gasteiger partial charge in [-0.2, -0.15) is 0 Å². The monoisotopic (exact) mass is 341 g/mol. The van der Waals surface area contributed by atoms with Crippen LogP contribution in [0.2, 0.25) is 0 Å². The van der Waals surface area contributed by atoms with Gasteiger partial charge in [0.2, 0.25) is 0 Å². The molecule has 0 aromatic heterocycles. The smallest absolute Gasteiger partial charge is 0.339 e. The Bertz CT molecular complexity index is 889. The minimum absolute atomic E-state index is 0.0927. The normalized spacial score (nSPS) is 13.1. The van der Waals surface area contributed by atoms with Gasteiger partial charge < -0.3 is 14.9 Å². The topological polar surface area (TPSA) is 104 Å². The Hall–Kier alpha value is -3.35. The number of rotatable bonds is 5. The van der Waals surface area contributed by atoms with E-state index in [1.54, 1.807) is 12.1 Å². The highest BCUT2D eigenvalue weighted by Crippen LogP contribution is 2.35. The predicted octanol–water partition coefficient (Wildman–Crippen LogP) is 2.68. The Morgan fingerprint density at radius 2 is 1.92 bits per heavy atom. The Morgan fingerprint density at radius 3 is 2.56 bits per heavy atom. The molecule has 0 saturated heterocycles. The van der Waals surface area contributed by atoms with Gasteiger partial charge in [-0.05, 0) is 30.7 Å². The Balaban J connectivity index is 2.03. The van der Waals surface area contributed by atoms with Crippen LogP contribution in [0, 0.1) is 0 Å². The molecule has 0 spiro atoms. The zero-order chi connectivity index (χ0) is 18.1. The van der Waals surface area contributed by atoms with Gasteiger partial charge >= 0.3 is 5.97 Å². The number of benzene rings is 2. The molecule has 128 valence electrons. The van der Waals surface area contributed by atoms with Crippen LogP contribution < -0.4 is 9.64 Å². The van der Waals surface area contributed by atoms with E-state index in [0.717, 1.165) is 23.5 Å². The second kappa shape index (κ2) is 6.27. The minimum Gasteiger partial charge on any atom is -0.507 e. The standard InChI is InChI=1S/C18H15NO6/c1-2-8-25-14-5-3-4-12-15(14)17(22)19(16(12)21)10-6-7-11(18(23)24)13(20)9-10/h3-7,9,20H,2,8H2,1H3,(H,23,24). The molecule has 1 aliphatic heterocycles. The van der Waals surface area contributed by atoms with Crippen LogP contribution in [-0.2, 0) is 0 Å². The number of aromatic hydroxyl groups is 1. The van der Waals surface area contributed by atoms with Crippen molar-refractivity contribution in [2.24, 2.45) is 0 Å². The van der Waals surface area contributed by atoms with Gasteiger partial charge in [0, 0.05) is 6.07 Å². The molecule has 0 aliphatic carbocycles. The molecule has 0 atom stereocenters. The van der Waals surface area contributed by atoms with Crippen molar-refractivity contribution in [2.45, 2.75) is 13.3 Å². The summed E-state index contributed by atoms with van der Waals surface area (Å²) in [7, 11) is 0. The van der Waals surface area contributed by atoms with Gasteiger partial charge in [0.15, 0.2) is 0 Å². The summed E-state index contributed by atoms with van der Waals surface area (Å²) in [6.45, 7) is 2.33. The van der Waals surface area contributed by atoms with E-state index in [1.165, 1.54) is 12.1 Å². The molecule has 2 aromatic carbocycles. The first-order valence-corrected chi connectivity index (χ1v) is 7.66. The lowest BCUT2D eigenvalue weighted by Crippen LogP contribution is -2.29. The number of aromatic carboxylic acids is 1. The van der Waals surface area contributed by atoms with Gasteiger partial charge in [-0.1, -0.05) is 13.0 Å². The Kier molecular flexibility index (Phi) is 4.14. The van der Waals surface area contributed by atoms with Crippen molar-refractivity contribution in [3.8, 4) is 11.5 Å². The van der Waals surface area contributed by atoms with Gasteiger partial charge in [0.25, 0.3) is 11.8 Å². The number of imide groups is 1. The lowest BCUT2D eigenvalue weighted by atomic mass is 10.1. The zero-order valence-corrected chi connectivity index (χ0v) is 13.4. The number of ether oxygens (including phenoxy) is 1. The summed E-state index contributed by atoms with van der Waals surface area (Å²) >= 11 is 0. The molecule has 3 rings (SSSR count). The Morgan fingerprint density at radius 1 is 1.16 bits per heavy atom. The first-order chi connectivity index (χ1) is 12.0. The van der Waals surface area contributed by atoms with Crippen molar-refractivity contribution < 1.29 is 29.3 Å². The van der Waals surface area contributed by atoms with Gasteiger partial charge in [-0.3, -0.25) is 9.59 Å². The molecule has 2 aromatic rings. The van der Waals surface area contributed by atoms with E-state index < -0.39 is 23.5 Å². The van der Waals surface area contributed by atoms with E-state index in [-0.39, 0.29) is 22.4 Å². The van der Waals surface area contributed by atoms with Gasteiger partial charge in [0.1, 0.15) is 17.1 Å². The molecular formula is C18H15NO6. The summed E-state index contributed by atoms with van der Waals surface area (Å²) < 4.78 is 5.55. The average Bonchev–Trinajstić information content (AvgIpc) is 2.84. The molecule has 2 N–H and O–H groups in total. The van der Waals surface area contributed by atoms with E-state index in [9.17, 15) is 19.5 Å². The summed E-state index contributed by atoms with van der Waals surface area (Å²) in [6, 6.07) is 8.30. The summed E-state index contributed by atoms with van der Waals surface area (Å²) in [6.07, 6.45) is 0.750. The van der Waals surface area contributed by atoms with E-state index in [2.05, 4.69) is 0 Å². The van der Waals surface area contributed by atoms with E-state index >= 15 is 0 Å². The molecule has 2 amide bonds. The number of hydrogen-bond donors (Lipinski definition) is 2. The third kappa shape index (κ3) is 2.69. The third-order valence-corrected chi connectivity index (χ3v) is 3.81. The maximum Gasteiger partial charge on any atom is 0.339 e. The fourth-order valence-corrected chi connectivity index (χ4v) is 2.66. The van der Waals surface area contributed by atoms with Crippen LogP contribution in [0.25, 0.3) is 0 Å². The maximum atomic E-state index is 12.7. The predicted molar refractivity (Wildman–Crippen MR) is 88.4 cm³/mol. The lowest BCUT2D eigenvalue weighted by Gasteiger charge is -2.15. The number of fused-ring (bicyclic) bond motifs is 1. The summed E-state index contributed by atoms with van der Waals surface area (Å²) in [5.74, 6) is -2.63. The van der Waals surface area contributed by atoms with Crippen LogP contribution in [0.5, 0.6) is 11.5 Å². The van der Waals surface area contributed by atoms with Crippen molar-refractivity contribution in [3.63, 3.8) is 0 Å². The van der Waals surface area contributed by atoms with Gasteiger partial charge in [0.05, 0.1) is 23.4 Å². The molecule has 0 bridgehead atoms. The van der Waals surface area contributed by atoms with E-state index in [1.807, 2.05) is 6.92 Å². The largest absolute Gasteiger partial charge is 0.507 e. The quantitative estimate of drug-likeness (QED) is 0.810. The van der Waals surface area contributed by atoms with E-state index in [4.69, 9.17) is 9.84 Å². The zero-order valence-electron chi connectivity index (χ0n) is 13.4. The summed E-state index contributed by atoms with van der Waals surface area (Å²) in [5, 5.41) is 18.8. The first-order valence-electron chi connectivity index (χ1n) is 7.66. The number of phenols is 1. The molecule has 0 fully saturated rings. The Labute approximate surface area is 143 Å². The third-order valence-electron chi connectivity index (χ3n) is 3.81. The average molecular weight is 341 g/mol. The van der Waals surface area contributed by atoms with Crippen LogP contribution in [0.1, 0.15) is 44.4 Å². The molecule has 0 unspecified atom stereocenters. The highest BCUT2D eigenvalue weighted by atomic mass is 16.5. The van der Waals surface area contributed by atoms with Crippen molar-refractivity contribution in [1.82, 2.24) is 0 Å². The van der Waals surface area contributed by atoms with Crippen molar-refractivity contribution >= 4 is 23.5 Å². The fourth-order valence-electron chi connectivity index (χ4n) is 2.66. The number of anilines is 1. The van der Waals surface area contributed by atoms with Crippen molar-refractivity contribution in [1.29, 1.82) is 0 Å². The van der Waals surface area contributed by atoms with Crippen LogP contribution in [0.3, 0.4) is 0 Å². The number of carboxylic acid groups (broad SMARTS) is 1. The summed E-state index contributed by atoms with van der Waals surface area (Å²) in [5.41, 5.74) is 0.158. The van der Waals surface area contributed by atoms with Crippen LogP contribution >= 0.6 is 0 Å². The molecule has 0 saturated carbocycles.